The van der Waals surface area contributed by atoms with Gasteiger partial charge < -0.3 is 14.2 Å². The normalized spacial score (nSPS) is 16.8. The van der Waals surface area contributed by atoms with Crippen LogP contribution in [0.5, 0.6) is 5.75 Å². The van der Waals surface area contributed by atoms with Crippen molar-refractivity contribution in [3.05, 3.63) is 63.2 Å². The summed E-state index contributed by atoms with van der Waals surface area (Å²) in [5.41, 5.74) is 0.741. The van der Waals surface area contributed by atoms with Crippen molar-refractivity contribution in [2.75, 3.05) is 19.9 Å². The minimum absolute atomic E-state index is 0.0117. The smallest absolute Gasteiger partial charge is 0.338 e. The molecule has 0 atom stereocenters. The minimum Gasteiger partial charge on any atom is -0.467 e. The molecular formula is C22H24N2O8S. The lowest BCUT2D eigenvalue weighted by molar-refractivity contribution is -0.385. The van der Waals surface area contributed by atoms with E-state index in [1.54, 1.807) is 0 Å². The molecule has 1 saturated heterocycles. The van der Waals surface area contributed by atoms with Gasteiger partial charge in [0.15, 0.2) is 6.79 Å². The SMILES string of the molecule is O=C(OCc1cc([N+](=O)[O-])cc2c1OCOC2)c1cccc(S(=O)(=O)N2CCCCCC2)c1. The molecule has 0 aliphatic carbocycles. The van der Waals surface area contributed by atoms with Crippen molar-refractivity contribution in [1.29, 1.82) is 0 Å². The second kappa shape index (κ2) is 9.86. The quantitative estimate of drug-likeness (QED) is 0.353. The fourth-order valence-corrected chi connectivity index (χ4v) is 5.50. The fraction of sp³-hybridized carbons (Fsp3) is 0.409. The zero-order valence-electron chi connectivity index (χ0n) is 17.9. The zero-order valence-corrected chi connectivity index (χ0v) is 18.7. The topological polar surface area (TPSA) is 125 Å². The van der Waals surface area contributed by atoms with Crippen LogP contribution in [0, 0.1) is 10.1 Å². The van der Waals surface area contributed by atoms with E-state index in [4.69, 9.17) is 14.2 Å². The number of esters is 1. The number of benzene rings is 2. The first-order chi connectivity index (χ1) is 15.9. The summed E-state index contributed by atoms with van der Waals surface area (Å²) in [6.07, 6.45) is 3.61. The molecule has 2 aliphatic heterocycles. The molecule has 0 unspecified atom stereocenters. The van der Waals surface area contributed by atoms with Gasteiger partial charge in [-0.3, -0.25) is 10.1 Å². The summed E-state index contributed by atoms with van der Waals surface area (Å²) in [4.78, 5) is 23.4. The van der Waals surface area contributed by atoms with E-state index in [-0.39, 0.29) is 36.2 Å². The van der Waals surface area contributed by atoms with Gasteiger partial charge in [0.25, 0.3) is 5.69 Å². The number of rotatable bonds is 6. The summed E-state index contributed by atoms with van der Waals surface area (Å²) < 4.78 is 43.5. The van der Waals surface area contributed by atoms with Crippen molar-refractivity contribution < 1.29 is 32.3 Å². The molecule has 0 bridgehead atoms. The number of fused-ring (bicyclic) bond motifs is 1. The van der Waals surface area contributed by atoms with Gasteiger partial charge in [-0.1, -0.05) is 18.9 Å². The lowest BCUT2D eigenvalue weighted by Gasteiger charge is -2.21. The van der Waals surface area contributed by atoms with E-state index in [1.807, 2.05) is 0 Å². The number of nitro benzene ring substituents is 1. The maximum absolute atomic E-state index is 13.0. The first-order valence-electron chi connectivity index (χ1n) is 10.6. The Morgan fingerprint density at radius 1 is 1.12 bits per heavy atom. The molecule has 0 spiro atoms. The molecule has 2 aromatic rings. The highest BCUT2D eigenvalue weighted by Gasteiger charge is 2.26. The molecule has 176 valence electrons. The van der Waals surface area contributed by atoms with E-state index in [0.29, 0.717) is 30.0 Å². The van der Waals surface area contributed by atoms with Crippen molar-refractivity contribution >= 4 is 21.7 Å². The van der Waals surface area contributed by atoms with Crippen LogP contribution in [0.15, 0.2) is 41.3 Å². The van der Waals surface area contributed by atoms with Crippen LogP contribution in [0.4, 0.5) is 5.69 Å². The summed E-state index contributed by atoms with van der Waals surface area (Å²) >= 11 is 0. The monoisotopic (exact) mass is 476 g/mol. The van der Waals surface area contributed by atoms with Gasteiger partial charge in [-0.2, -0.15) is 4.31 Å². The molecular weight excluding hydrogens is 452 g/mol. The fourth-order valence-electron chi connectivity index (χ4n) is 3.93. The maximum atomic E-state index is 13.0. The Bertz CT molecular complexity index is 1160. The molecule has 2 heterocycles. The van der Waals surface area contributed by atoms with E-state index < -0.39 is 20.9 Å². The van der Waals surface area contributed by atoms with Crippen LogP contribution in [0.1, 0.15) is 47.2 Å². The predicted octanol–water partition coefficient (Wildman–Crippen LogP) is 3.38. The summed E-state index contributed by atoms with van der Waals surface area (Å²) in [5.74, 6) is -0.354. The Hall–Kier alpha value is -3.02. The lowest BCUT2D eigenvalue weighted by atomic mass is 10.1. The number of carbonyl (C=O) groups is 1. The maximum Gasteiger partial charge on any atom is 0.338 e. The van der Waals surface area contributed by atoms with Gasteiger partial charge in [-0.15, -0.1) is 0 Å². The van der Waals surface area contributed by atoms with Crippen LogP contribution < -0.4 is 4.74 Å². The van der Waals surface area contributed by atoms with Crippen LogP contribution in [0.3, 0.4) is 0 Å². The Morgan fingerprint density at radius 2 is 1.88 bits per heavy atom. The Kier molecular flexibility index (Phi) is 6.91. The van der Waals surface area contributed by atoms with Gasteiger partial charge in [0, 0.05) is 36.3 Å². The number of nitro groups is 1. The summed E-state index contributed by atoms with van der Waals surface area (Å²) in [7, 11) is -3.72. The van der Waals surface area contributed by atoms with Crippen LogP contribution in [0.2, 0.25) is 0 Å². The van der Waals surface area contributed by atoms with Crippen molar-refractivity contribution in [3.63, 3.8) is 0 Å². The van der Waals surface area contributed by atoms with E-state index >= 15 is 0 Å². The van der Waals surface area contributed by atoms with Gasteiger partial charge in [-0.25, -0.2) is 13.2 Å². The third kappa shape index (κ3) is 5.15. The highest BCUT2D eigenvalue weighted by molar-refractivity contribution is 7.89. The van der Waals surface area contributed by atoms with Gasteiger partial charge in [0.1, 0.15) is 12.4 Å². The highest BCUT2D eigenvalue weighted by atomic mass is 32.2. The first-order valence-corrected chi connectivity index (χ1v) is 12.1. The number of hydrogen-bond donors (Lipinski definition) is 0. The van der Waals surface area contributed by atoms with Crippen LogP contribution in [-0.2, 0) is 32.7 Å². The molecule has 2 aromatic carbocycles. The van der Waals surface area contributed by atoms with Crippen LogP contribution in [0.25, 0.3) is 0 Å². The van der Waals surface area contributed by atoms with Crippen molar-refractivity contribution in [1.82, 2.24) is 4.31 Å². The number of ether oxygens (including phenoxy) is 3. The Labute approximate surface area is 191 Å². The molecule has 11 heteroatoms. The second-order valence-electron chi connectivity index (χ2n) is 7.88. The molecule has 0 aromatic heterocycles. The van der Waals surface area contributed by atoms with Crippen molar-refractivity contribution in [2.45, 2.75) is 43.8 Å². The average molecular weight is 477 g/mol. The lowest BCUT2D eigenvalue weighted by Crippen LogP contribution is -2.32. The molecule has 10 nitrogen and oxygen atoms in total. The van der Waals surface area contributed by atoms with E-state index in [1.165, 1.54) is 40.7 Å². The van der Waals surface area contributed by atoms with Crippen molar-refractivity contribution in [3.8, 4) is 5.75 Å². The van der Waals surface area contributed by atoms with Gasteiger partial charge in [0.05, 0.1) is 22.0 Å². The summed E-state index contributed by atoms with van der Waals surface area (Å²) in [5, 5.41) is 11.2. The molecule has 4 rings (SSSR count). The number of hydrogen-bond acceptors (Lipinski definition) is 8. The third-order valence-electron chi connectivity index (χ3n) is 5.61. The second-order valence-corrected chi connectivity index (χ2v) is 9.82. The highest BCUT2D eigenvalue weighted by Crippen LogP contribution is 2.33. The Morgan fingerprint density at radius 3 is 2.61 bits per heavy atom. The number of non-ortho nitro benzene ring substituents is 1. The van der Waals surface area contributed by atoms with Gasteiger partial charge in [0.2, 0.25) is 10.0 Å². The average Bonchev–Trinajstić information content (AvgIpc) is 3.12. The number of nitrogens with zero attached hydrogens (tertiary/aromatic N) is 2. The van der Waals surface area contributed by atoms with Gasteiger partial charge in [-0.05, 0) is 31.0 Å². The minimum atomic E-state index is -3.72. The first kappa shape index (κ1) is 23.1. The van der Waals surface area contributed by atoms with E-state index in [9.17, 15) is 23.3 Å². The van der Waals surface area contributed by atoms with Crippen LogP contribution >= 0.6 is 0 Å². The van der Waals surface area contributed by atoms with E-state index in [2.05, 4.69) is 0 Å². The molecule has 33 heavy (non-hydrogen) atoms. The van der Waals surface area contributed by atoms with Gasteiger partial charge >= 0.3 is 5.97 Å². The molecule has 2 aliphatic rings. The van der Waals surface area contributed by atoms with Crippen LogP contribution in [-0.4, -0.2) is 43.5 Å². The summed E-state index contributed by atoms with van der Waals surface area (Å²) in [6.45, 7) is 0.777. The molecule has 0 saturated carbocycles. The largest absolute Gasteiger partial charge is 0.467 e. The number of sulfonamides is 1. The molecule has 0 radical (unpaired) electrons. The standard InChI is InChI=1S/C22H24N2O8S/c25-22(31-14-18-11-19(24(26)27)10-17-13-30-15-32-21(17)18)16-6-5-7-20(12-16)33(28,29)23-8-3-1-2-4-9-23/h5-7,10-12H,1-4,8-9,13-15H2. The molecule has 0 amide bonds. The zero-order chi connectivity index (χ0) is 23.4. The van der Waals surface area contributed by atoms with E-state index in [0.717, 1.165) is 25.7 Å². The predicted molar refractivity (Wildman–Crippen MR) is 116 cm³/mol. The third-order valence-corrected chi connectivity index (χ3v) is 7.51. The molecule has 1 fully saturated rings. The Balaban J connectivity index is 1.52. The molecule has 0 N–H and O–H groups in total. The summed E-state index contributed by atoms with van der Waals surface area (Å²) in [6, 6.07) is 8.38. The number of carbonyl (C=O) groups excluding carboxylic acids is 1. The van der Waals surface area contributed by atoms with Crippen molar-refractivity contribution in [2.24, 2.45) is 0 Å².